The van der Waals surface area contributed by atoms with Gasteiger partial charge in [0, 0.05) is 48.8 Å². The Bertz CT molecular complexity index is 832. The molecule has 0 aliphatic carbocycles. The molecule has 140 valence electrons. The number of nitrogens with zero attached hydrogens (tertiary/aromatic N) is 2. The monoisotopic (exact) mass is 398 g/mol. The van der Waals surface area contributed by atoms with Crippen LogP contribution < -0.4 is 5.43 Å². The van der Waals surface area contributed by atoms with Crippen molar-refractivity contribution in [1.29, 1.82) is 0 Å². The first-order chi connectivity index (χ1) is 12.5. The van der Waals surface area contributed by atoms with Crippen molar-refractivity contribution in [2.45, 2.75) is 19.7 Å². The summed E-state index contributed by atoms with van der Waals surface area (Å²) in [7, 11) is 0. The first kappa shape index (κ1) is 19.2. The highest BCUT2D eigenvalue weighted by Gasteiger charge is 2.21. The summed E-state index contributed by atoms with van der Waals surface area (Å²) >= 11 is 12.2. The summed E-state index contributed by atoms with van der Waals surface area (Å²) in [6.07, 6.45) is 0. The van der Waals surface area contributed by atoms with E-state index in [9.17, 15) is 9.90 Å². The van der Waals surface area contributed by atoms with Crippen LogP contribution in [0, 0.1) is 0 Å². The Morgan fingerprint density at radius 2 is 1.69 bits per heavy atom. The molecule has 6 nitrogen and oxygen atoms in total. The predicted octanol–water partition coefficient (Wildman–Crippen LogP) is 2.46. The normalized spacial score (nSPS) is 16.1. The van der Waals surface area contributed by atoms with Crippen LogP contribution in [0.5, 0.6) is 5.75 Å². The van der Waals surface area contributed by atoms with Crippen molar-refractivity contribution >= 4 is 23.2 Å². The van der Waals surface area contributed by atoms with Crippen molar-refractivity contribution in [2.75, 3.05) is 26.2 Å². The van der Waals surface area contributed by atoms with Crippen LogP contribution >= 0.6 is 23.2 Å². The highest BCUT2D eigenvalue weighted by atomic mass is 35.5. The summed E-state index contributed by atoms with van der Waals surface area (Å²) in [6.45, 7) is 3.86. The van der Waals surface area contributed by atoms with E-state index in [2.05, 4.69) is 9.80 Å². The average molecular weight is 399 g/mol. The molecule has 0 atom stereocenters. The Balaban J connectivity index is 1.59. The molecule has 1 aliphatic heterocycles. The van der Waals surface area contributed by atoms with E-state index in [0.717, 1.165) is 44.4 Å². The van der Waals surface area contributed by atoms with Crippen LogP contribution in [0.25, 0.3) is 0 Å². The zero-order chi connectivity index (χ0) is 18.7. The topological polar surface area (TPSA) is 77.2 Å². The second-order valence-corrected chi connectivity index (χ2v) is 7.14. The second-order valence-electron chi connectivity index (χ2n) is 6.29. The average Bonchev–Trinajstić information content (AvgIpc) is 2.62. The van der Waals surface area contributed by atoms with Gasteiger partial charge in [-0.1, -0.05) is 29.3 Å². The third-order valence-electron chi connectivity index (χ3n) is 4.44. The van der Waals surface area contributed by atoms with E-state index in [1.807, 2.05) is 12.1 Å². The molecule has 1 fully saturated rings. The van der Waals surface area contributed by atoms with Gasteiger partial charge < -0.3 is 14.6 Å². The van der Waals surface area contributed by atoms with E-state index in [0.29, 0.717) is 16.6 Å². The van der Waals surface area contributed by atoms with Gasteiger partial charge in [-0.25, -0.2) is 0 Å². The van der Waals surface area contributed by atoms with Gasteiger partial charge in [0.25, 0.3) is 0 Å². The van der Waals surface area contributed by atoms with Gasteiger partial charge in [0.2, 0.25) is 11.2 Å². The smallest absolute Gasteiger partial charge is 0.227 e. The number of benzene rings is 1. The fourth-order valence-electron chi connectivity index (χ4n) is 2.97. The van der Waals surface area contributed by atoms with Crippen LogP contribution in [0.15, 0.2) is 33.5 Å². The molecule has 0 bridgehead atoms. The first-order valence-corrected chi connectivity index (χ1v) is 9.06. The van der Waals surface area contributed by atoms with Gasteiger partial charge in [-0.3, -0.25) is 14.6 Å². The van der Waals surface area contributed by atoms with Crippen molar-refractivity contribution in [3.8, 4) is 5.75 Å². The van der Waals surface area contributed by atoms with E-state index < -0.39 is 11.2 Å². The molecule has 0 unspecified atom stereocenters. The maximum atomic E-state index is 11.7. The van der Waals surface area contributed by atoms with E-state index in [4.69, 9.17) is 32.7 Å². The van der Waals surface area contributed by atoms with Gasteiger partial charge >= 0.3 is 0 Å². The summed E-state index contributed by atoms with van der Waals surface area (Å²) in [5, 5.41) is 20.3. The lowest BCUT2D eigenvalue weighted by atomic mass is 10.2. The number of aliphatic hydroxyl groups is 1. The lowest BCUT2D eigenvalue weighted by Crippen LogP contribution is -2.45. The lowest BCUT2D eigenvalue weighted by Gasteiger charge is -2.34. The number of piperazine rings is 1. The number of aromatic hydroxyl groups is 1. The molecule has 0 saturated carbocycles. The maximum absolute atomic E-state index is 11.7. The minimum Gasteiger partial charge on any atom is -0.502 e. The van der Waals surface area contributed by atoms with Crippen molar-refractivity contribution in [3.63, 3.8) is 0 Å². The third-order valence-corrected chi connectivity index (χ3v) is 5.03. The van der Waals surface area contributed by atoms with Gasteiger partial charge in [-0.05, 0) is 17.7 Å². The molecular formula is C18H20Cl2N2O4. The number of hydrogen-bond acceptors (Lipinski definition) is 6. The SMILES string of the molecule is O=c1cc(CO)oc(CN2CCN(Cc3ccc(Cl)cc3Cl)CC2)c1O. The van der Waals surface area contributed by atoms with Gasteiger partial charge in [0.15, 0.2) is 5.76 Å². The van der Waals surface area contributed by atoms with E-state index in [-0.39, 0.29) is 18.1 Å². The maximum Gasteiger partial charge on any atom is 0.227 e. The van der Waals surface area contributed by atoms with Crippen LogP contribution in [-0.2, 0) is 19.7 Å². The van der Waals surface area contributed by atoms with Crippen molar-refractivity contribution in [2.24, 2.45) is 0 Å². The molecule has 26 heavy (non-hydrogen) atoms. The van der Waals surface area contributed by atoms with Crippen molar-refractivity contribution < 1.29 is 14.6 Å². The Kier molecular flexibility index (Phi) is 6.21. The van der Waals surface area contributed by atoms with Gasteiger partial charge in [-0.15, -0.1) is 0 Å². The lowest BCUT2D eigenvalue weighted by molar-refractivity contribution is 0.112. The summed E-state index contributed by atoms with van der Waals surface area (Å²) in [4.78, 5) is 16.1. The summed E-state index contributed by atoms with van der Waals surface area (Å²) in [6, 6.07) is 6.61. The quantitative estimate of drug-likeness (QED) is 0.805. The van der Waals surface area contributed by atoms with Gasteiger partial charge in [0.05, 0.1) is 6.54 Å². The van der Waals surface area contributed by atoms with E-state index >= 15 is 0 Å². The van der Waals surface area contributed by atoms with Crippen LogP contribution in [0.4, 0.5) is 0 Å². The summed E-state index contributed by atoms with van der Waals surface area (Å²) < 4.78 is 5.41. The van der Waals surface area contributed by atoms with Gasteiger partial charge in [-0.2, -0.15) is 0 Å². The number of rotatable bonds is 5. The molecule has 1 saturated heterocycles. The highest BCUT2D eigenvalue weighted by molar-refractivity contribution is 6.35. The summed E-state index contributed by atoms with van der Waals surface area (Å²) in [5.41, 5.74) is 0.495. The molecule has 8 heteroatoms. The van der Waals surface area contributed by atoms with Crippen LogP contribution in [-0.4, -0.2) is 46.2 Å². The standard InChI is InChI=1S/C18H20Cl2N2O4/c19-13-2-1-12(15(20)7-13)9-21-3-5-22(6-4-21)10-17-18(25)16(24)8-14(11-23)26-17/h1-2,7-8,23,25H,3-6,9-11H2. The number of hydrogen-bond donors (Lipinski definition) is 2. The van der Waals surface area contributed by atoms with E-state index in [1.54, 1.807) is 6.07 Å². The zero-order valence-electron chi connectivity index (χ0n) is 14.1. The van der Waals surface area contributed by atoms with Crippen LogP contribution in [0.3, 0.4) is 0 Å². The Morgan fingerprint density at radius 1 is 1.04 bits per heavy atom. The fourth-order valence-corrected chi connectivity index (χ4v) is 3.44. The molecule has 1 aliphatic rings. The fraction of sp³-hybridized carbons (Fsp3) is 0.389. The molecule has 0 radical (unpaired) electrons. The minimum atomic E-state index is -0.536. The number of halogens is 2. The van der Waals surface area contributed by atoms with Gasteiger partial charge in [0.1, 0.15) is 12.4 Å². The Hall–Kier alpha value is -1.57. The number of aliphatic hydroxyl groups excluding tert-OH is 1. The van der Waals surface area contributed by atoms with Crippen molar-refractivity contribution in [1.82, 2.24) is 9.80 Å². The Labute approximate surface area is 161 Å². The van der Waals surface area contributed by atoms with Crippen LogP contribution in [0.2, 0.25) is 10.0 Å². The summed E-state index contributed by atoms with van der Waals surface area (Å²) in [5.74, 6) is -0.0489. The van der Waals surface area contributed by atoms with E-state index in [1.165, 1.54) is 0 Å². The first-order valence-electron chi connectivity index (χ1n) is 8.30. The molecule has 1 aromatic heterocycles. The second kappa shape index (κ2) is 8.41. The molecule has 0 amide bonds. The molecule has 2 N–H and O–H groups in total. The molecule has 2 aromatic rings. The zero-order valence-corrected chi connectivity index (χ0v) is 15.6. The molecular weight excluding hydrogens is 379 g/mol. The predicted molar refractivity (Wildman–Crippen MR) is 99.6 cm³/mol. The van der Waals surface area contributed by atoms with Crippen molar-refractivity contribution in [3.05, 3.63) is 61.6 Å². The third kappa shape index (κ3) is 4.58. The van der Waals surface area contributed by atoms with Crippen LogP contribution in [0.1, 0.15) is 17.1 Å². The molecule has 2 heterocycles. The minimum absolute atomic E-state index is 0.152. The Morgan fingerprint density at radius 3 is 2.31 bits per heavy atom. The molecule has 0 spiro atoms. The highest BCUT2D eigenvalue weighted by Crippen LogP contribution is 2.23. The largest absolute Gasteiger partial charge is 0.502 e. The molecule has 3 rings (SSSR count). The molecule has 1 aromatic carbocycles.